The van der Waals surface area contributed by atoms with Crippen LogP contribution in [0.3, 0.4) is 0 Å². The molecule has 2 aromatic rings. The first kappa shape index (κ1) is 21.4. The van der Waals surface area contributed by atoms with E-state index >= 15 is 0 Å². The number of halogens is 1. The van der Waals surface area contributed by atoms with Crippen LogP contribution in [-0.4, -0.2) is 20.4 Å². The smallest absolute Gasteiger partial charge is 0.257 e. The van der Waals surface area contributed by atoms with Crippen LogP contribution in [0.5, 0.6) is 0 Å². The average molecular weight is 409 g/mol. The number of carbonyl (C=O) groups is 1. The van der Waals surface area contributed by atoms with E-state index in [1.807, 2.05) is 24.3 Å². The molecule has 0 atom stereocenters. The van der Waals surface area contributed by atoms with Crippen molar-refractivity contribution in [1.82, 2.24) is 4.72 Å². The van der Waals surface area contributed by atoms with E-state index < -0.39 is 15.9 Å². The van der Waals surface area contributed by atoms with Crippen LogP contribution in [0.2, 0.25) is 5.02 Å². The minimum atomic E-state index is -3.72. The first-order valence-corrected chi connectivity index (χ1v) is 10.5. The number of nitrogens with one attached hydrogen (secondary N) is 2. The van der Waals surface area contributed by atoms with Gasteiger partial charge in [-0.05, 0) is 55.2 Å². The third kappa shape index (κ3) is 5.54. The summed E-state index contributed by atoms with van der Waals surface area (Å²) in [4.78, 5) is 12.6. The van der Waals surface area contributed by atoms with Crippen molar-refractivity contribution in [1.29, 1.82) is 0 Å². The van der Waals surface area contributed by atoms with Gasteiger partial charge in [-0.2, -0.15) is 0 Å². The summed E-state index contributed by atoms with van der Waals surface area (Å²) in [5.41, 5.74) is 1.87. The van der Waals surface area contributed by atoms with Crippen LogP contribution in [0.25, 0.3) is 0 Å². The number of amides is 1. The molecule has 0 aliphatic rings. The number of hydrogen-bond donors (Lipinski definition) is 2. The maximum Gasteiger partial charge on any atom is 0.257 e. The van der Waals surface area contributed by atoms with E-state index in [2.05, 4.69) is 30.8 Å². The van der Waals surface area contributed by atoms with E-state index in [1.165, 1.54) is 18.2 Å². The maximum atomic E-state index is 12.6. The van der Waals surface area contributed by atoms with Gasteiger partial charge in [-0.25, -0.2) is 13.1 Å². The van der Waals surface area contributed by atoms with Gasteiger partial charge in [-0.3, -0.25) is 4.79 Å². The van der Waals surface area contributed by atoms with Crippen LogP contribution in [0.1, 0.15) is 50.5 Å². The van der Waals surface area contributed by atoms with Crippen LogP contribution in [-0.2, 0) is 15.4 Å². The highest BCUT2D eigenvalue weighted by atomic mass is 35.5. The highest BCUT2D eigenvalue weighted by Gasteiger charge is 2.20. The molecule has 0 aliphatic carbocycles. The van der Waals surface area contributed by atoms with Crippen molar-refractivity contribution < 1.29 is 13.2 Å². The van der Waals surface area contributed by atoms with Crippen molar-refractivity contribution in [2.75, 3.05) is 5.32 Å². The third-order valence-corrected chi connectivity index (χ3v) is 5.88. The van der Waals surface area contributed by atoms with Crippen molar-refractivity contribution in [3.05, 3.63) is 58.6 Å². The molecule has 0 spiro atoms. The quantitative estimate of drug-likeness (QED) is 0.760. The van der Waals surface area contributed by atoms with Crippen LogP contribution in [0.15, 0.2) is 47.4 Å². The molecule has 5 nitrogen and oxygen atoms in total. The first-order chi connectivity index (χ1) is 12.4. The molecule has 2 aromatic carbocycles. The minimum Gasteiger partial charge on any atom is -0.322 e. The topological polar surface area (TPSA) is 75.3 Å². The van der Waals surface area contributed by atoms with Crippen LogP contribution >= 0.6 is 11.6 Å². The van der Waals surface area contributed by atoms with Crippen LogP contribution < -0.4 is 10.0 Å². The Morgan fingerprint density at radius 1 is 1.04 bits per heavy atom. The molecule has 0 heterocycles. The van der Waals surface area contributed by atoms with E-state index in [1.54, 1.807) is 13.8 Å². The lowest BCUT2D eigenvalue weighted by Crippen LogP contribution is -2.30. The summed E-state index contributed by atoms with van der Waals surface area (Å²) in [6.45, 7) is 9.77. The number of benzene rings is 2. The number of carbonyl (C=O) groups excluding carboxylic acids is 1. The molecule has 2 rings (SSSR count). The summed E-state index contributed by atoms with van der Waals surface area (Å²) in [5, 5.41) is 2.94. The molecular formula is C20H25ClN2O3S. The zero-order valence-corrected chi connectivity index (χ0v) is 17.7. The Kier molecular flexibility index (Phi) is 6.35. The molecular weight excluding hydrogens is 384 g/mol. The van der Waals surface area contributed by atoms with E-state index in [4.69, 9.17) is 11.6 Å². The summed E-state index contributed by atoms with van der Waals surface area (Å²) < 4.78 is 27.2. The summed E-state index contributed by atoms with van der Waals surface area (Å²) in [5.74, 6) is -0.467. The zero-order valence-electron chi connectivity index (χ0n) is 16.1. The zero-order chi connectivity index (χ0) is 20.4. The molecule has 0 bridgehead atoms. The molecule has 0 saturated heterocycles. The Bertz CT molecular complexity index is 931. The van der Waals surface area contributed by atoms with E-state index in [-0.39, 0.29) is 26.9 Å². The summed E-state index contributed by atoms with van der Waals surface area (Å²) >= 11 is 6.12. The third-order valence-electron chi connectivity index (χ3n) is 3.89. The fourth-order valence-electron chi connectivity index (χ4n) is 2.48. The number of hydrogen-bond acceptors (Lipinski definition) is 3. The van der Waals surface area contributed by atoms with E-state index in [0.717, 1.165) is 5.56 Å². The second kappa shape index (κ2) is 8.00. The van der Waals surface area contributed by atoms with Crippen molar-refractivity contribution in [2.45, 2.75) is 51.0 Å². The second-order valence-electron chi connectivity index (χ2n) is 7.70. The highest BCUT2D eigenvalue weighted by Crippen LogP contribution is 2.25. The molecule has 0 radical (unpaired) electrons. The lowest BCUT2D eigenvalue weighted by Gasteiger charge is -2.19. The van der Waals surface area contributed by atoms with Gasteiger partial charge in [-0.1, -0.05) is 44.5 Å². The van der Waals surface area contributed by atoms with Gasteiger partial charge in [0.05, 0.1) is 15.5 Å². The van der Waals surface area contributed by atoms with Gasteiger partial charge in [0, 0.05) is 11.7 Å². The number of rotatable bonds is 5. The first-order valence-electron chi connectivity index (χ1n) is 8.64. The Hall–Kier alpha value is -1.89. The summed E-state index contributed by atoms with van der Waals surface area (Å²) in [6.07, 6.45) is 0. The highest BCUT2D eigenvalue weighted by molar-refractivity contribution is 7.89. The Balaban J connectivity index is 2.27. The Labute approximate surface area is 166 Å². The van der Waals surface area contributed by atoms with Crippen LogP contribution in [0.4, 0.5) is 5.69 Å². The molecule has 27 heavy (non-hydrogen) atoms. The molecule has 0 unspecified atom stereocenters. The molecule has 0 aliphatic heterocycles. The molecule has 2 N–H and O–H groups in total. The molecule has 1 amide bonds. The lowest BCUT2D eigenvalue weighted by molar-refractivity contribution is 0.102. The van der Waals surface area contributed by atoms with Gasteiger partial charge < -0.3 is 5.32 Å². The normalized spacial score (nSPS) is 12.3. The van der Waals surface area contributed by atoms with Gasteiger partial charge in [0.25, 0.3) is 5.91 Å². The molecule has 7 heteroatoms. The van der Waals surface area contributed by atoms with Gasteiger partial charge in [-0.15, -0.1) is 0 Å². The van der Waals surface area contributed by atoms with E-state index in [0.29, 0.717) is 5.69 Å². The van der Waals surface area contributed by atoms with Crippen molar-refractivity contribution in [2.24, 2.45) is 0 Å². The predicted molar refractivity (Wildman–Crippen MR) is 110 cm³/mol. The Morgan fingerprint density at radius 3 is 2.15 bits per heavy atom. The fourth-order valence-corrected chi connectivity index (χ4v) is 3.96. The Morgan fingerprint density at radius 2 is 1.63 bits per heavy atom. The van der Waals surface area contributed by atoms with Gasteiger partial charge in [0.15, 0.2) is 0 Å². The molecule has 146 valence electrons. The SMILES string of the molecule is CC(C)NS(=O)(=O)c1ccc(Cl)c(C(=O)Nc2ccc(C(C)(C)C)cc2)c1. The average Bonchev–Trinajstić information content (AvgIpc) is 2.53. The maximum absolute atomic E-state index is 12.6. The van der Waals surface area contributed by atoms with Crippen LogP contribution in [0, 0.1) is 0 Å². The fraction of sp³-hybridized carbons (Fsp3) is 0.350. The molecule has 0 fully saturated rings. The largest absolute Gasteiger partial charge is 0.322 e. The van der Waals surface area contributed by atoms with Gasteiger partial charge in [0.2, 0.25) is 10.0 Å². The predicted octanol–water partition coefficient (Wildman–Crippen LogP) is 4.58. The van der Waals surface area contributed by atoms with Crippen molar-refractivity contribution in [3.63, 3.8) is 0 Å². The number of sulfonamides is 1. The van der Waals surface area contributed by atoms with Gasteiger partial charge >= 0.3 is 0 Å². The molecule has 0 saturated carbocycles. The summed E-state index contributed by atoms with van der Waals surface area (Å²) in [7, 11) is -3.72. The van der Waals surface area contributed by atoms with Crippen molar-refractivity contribution in [3.8, 4) is 0 Å². The molecule has 0 aromatic heterocycles. The lowest BCUT2D eigenvalue weighted by atomic mass is 9.87. The number of anilines is 1. The summed E-state index contributed by atoms with van der Waals surface area (Å²) in [6, 6.07) is 11.3. The standard InChI is InChI=1S/C20H25ClN2O3S/c1-13(2)23-27(25,26)16-10-11-18(21)17(12-16)19(24)22-15-8-6-14(7-9-15)20(3,4)5/h6-13,23H,1-5H3,(H,22,24). The second-order valence-corrected chi connectivity index (χ2v) is 9.82. The van der Waals surface area contributed by atoms with Gasteiger partial charge in [0.1, 0.15) is 0 Å². The monoisotopic (exact) mass is 408 g/mol. The van der Waals surface area contributed by atoms with Crippen molar-refractivity contribution >= 4 is 33.2 Å². The van der Waals surface area contributed by atoms with E-state index in [9.17, 15) is 13.2 Å². The minimum absolute atomic E-state index is 0.00571.